The SMILES string of the molecule is CC(C)C[C@H](NC(=O)Cn1ccc(N2CCOCC2)cc1=O)B(O)O. The summed E-state index contributed by atoms with van der Waals surface area (Å²) in [5.41, 5.74) is 0.539. The highest BCUT2D eigenvalue weighted by molar-refractivity contribution is 6.43. The van der Waals surface area contributed by atoms with Gasteiger partial charge in [0.1, 0.15) is 6.54 Å². The number of anilines is 1. The molecule has 8 nitrogen and oxygen atoms in total. The molecule has 9 heteroatoms. The predicted octanol–water partition coefficient (Wildman–Crippen LogP) is -0.772. The van der Waals surface area contributed by atoms with Crippen molar-refractivity contribution in [2.75, 3.05) is 31.2 Å². The highest BCUT2D eigenvalue weighted by Gasteiger charge is 2.26. The molecule has 1 saturated heterocycles. The maximum absolute atomic E-state index is 12.2. The molecule has 0 unspecified atom stereocenters. The van der Waals surface area contributed by atoms with Crippen LogP contribution in [-0.4, -0.2) is 59.9 Å². The lowest BCUT2D eigenvalue weighted by atomic mass is 9.75. The van der Waals surface area contributed by atoms with Crippen molar-refractivity contribution in [1.82, 2.24) is 9.88 Å². The molecule has 1 atom stereocenters. The Kier molecular flexibility index (Phi) is 7.04. The second-order valence-electron chi connectivity index (χ2n) is 6.67. The molecular formula is C16H26BN3O5. The van der Waals surface area contributed by atoms with E-state index in [9.17, 15) is 19.6 Å². The summed E-state index contributed by atoms with van der Waals surface area (Å²) in [7, 11) is -1.63. The van der Waals surface area contributed by atoms with E-state index < -0.39 is 19.0 Å². The van der Waals surface area contributed by atoms with Gasteiger partial charge in [-0.15, -0.1) is 0 Å². The maximum atomic E-state index is 12.2. The Labute approximate surface area is 147 Å². The summed E-state index contributed by atoms with van der Waals surface area (Å²) < 4.78 is 6.59. The zero-order valence-corrected chi connectivity index (χ0v) is 14.7. The Hall–Kier alpha value is -1.84. The Bertz CT molecular complexity index is 628. The van der Waals surface area contributed by atoms with Crippen molar-refractivity contribution < 1.29 is 19.6 Å². The number of hydrogen-bond donors (Lipinski definition) is 3. The number of amides is 1. The fourth-order valence-electron chi connectivity index (χ4n) is 2.82. The minimum absolute atomic E-state index is 0.163. The van der Waals surface area contributed by atoms with Gasteiger partial charge in [-0.3, -0.25) is 9.59 Å². The third-order valence-electron chi connectivity index (χ3n) is 4.10. The second kappa shape index (κ2) is 9.03. The summed E-state index contributed by atoms with van der Waals surface area (Å²) in [6.45, 7) is 6.42. The van der Waals surface area contributed by atoms with Crippen LogP contribution >= 0.6 is 0 Å². The number of aromatic nitrogens is 1. The van der Waals surface area contributed by atoms with Gasteiger partial charge in [0.2, 0.25) is 5.91 Å². The molecule has 1 amide bonds. The van der Waals surface area contributed by atoms with Crippen molar-refractivity contribution in [2.45, 2.75) is 32.8 Å². The van der Waals surface area contributed by atoms with Gasteiger partial charge < -0.3 is 29.6 Å². The van der Waals surface area contributed by atoms with Gasteiger partial charge in [0.05, 0.1) is 19.2 Å². The maximum Gasteiger partial charge on any atom is 0.475 e. The number of hydrogen-bond acceptors (Lipinski definition) is 6. The van der Waals surface area contributed by atoms with E-state index in [2.05, 4.69) is 10.2 Å². The van der Waals surface area contributed by atoms with E-state index in [4.69, 9.17) is 4.74 Å². The molecule has 0 bridgehead atoms. The summed E-state index contributed by atoms with van der Waals surface area (Å²) in [5.74, 6) is -0.988. The largest absolute Gasteiger partial charge is 0.475 e. The lowest BCUT2D eigenvalue weighted by molar-refractivity contribution is -0.122. The molecule has 2 rings (SSSR count). The van der Waals surface area contributed by atoms with Crippen molar-refractivity contribution in [1.29, 1.82) is 0 Å². The van der Waals surface area contributed by atoms with E-state index in [0.717, 1.165) is 18.8 Å². The van der Waals surface area contributed by atoms with Crippen LogP contribution in [0.4, 0.5) is 5.69 Å². The number of pyridine rings is 1. The van der Waals surface area contributed by atoms with E-state index in [1.54, 1.807) is 12.3 Å². The van der Waals surface area contributed by atoms with Crippen LogP contribution in [0, 0.1) is 5.92 Å². The van der Waals surface area contributed by atoms with E-state index >= 15 is 0 Å². The molecule has 0 aromatic carbocycles. The van der Waals surface area contributed by atoms with Crippen LogP contribution in [0.3, 0.4) is 0 Å². The minimum Gasteiger partial charge on any atom is -0.426 e. The van der Waals surface area contributed by atoms with Crippen LogP contribution in [0.2, 0.25) is 0 Å². The molecule has 0 radical (unpaired) electrons. The van der Waals surface area contributed by atoms with E-state index in [0.29, 0.717) is 19.6 Å². The third-order valence-corrected chi connectivity index (χ3v) is 4.10. The molecule has 138 valence electrons. The van der Waals surface area contributed by atoms with Crippen molar-refractivity contribution in [3.05, 3.63) is 28.7 Å². The van der Waals surface area contributed by atoms with Gasteiger partial charge in [-0.2, -0.15) is 0 Å². The molecule has 1 aliphatic rings. The van der Waals surface area contributed by atoms with Gasteiger partial charge in [0, 0.05) is 31.0 Å². The Morgan fingerprint density at radius 3 is 2.60 bits per heavy atom. The predicted molar refractivity (Wildman–Crippen MR) is 95.3 cm³/mol. The normalized spacial score (nSPS) is 16.0. The van der Waals surface area contributed by atoms with Gasteiger partial charge in [0.25, 0.3) is 5.56 Å². The van der Waals surface area contributed by atoms with E-state index in [1.165, 1.54) is 10.6 Å². The molecule has 2 heterocycles. The monoisotopic (exact) mass is 351 g/mol. The van der Waals surface area contributed by atoms with E-state index in [1.807, 2.05) is 13.8 Å². The molecule has 25 heavy (non-hydrogen) atoms. The zero-order chi connectivity index (χ0) is 18.4. The third kappa shape index (κ3) is 5.88. The topological polar surface area (TPSA) is 104 Å². The van der Waals surface area contributed by atoms with Gasteiger partial charge >= 0.3 is 7.12 Å². The van der Waals surface area contributed by atoms with Gasteiger partial charge in [-0.05, 0) is 18.4 Å². The lowest BCUT2D eigenvalue weighted by Crippen LogP contribution is -2.48. The average Bonchev–Trinajstić information content (AvgIpc) is 2.56. The number of ether oxygens (including phenoxy) is 1. The fraction of sp³-hybridized carbons (Fsp3) is 0.625. The van der Waals surface area contributed by atoms with Crippen molar-refractivity contribution in [3.8, 4) is 0 Å². The number of nitrogens with one attached hydrogen (secondary N) is 1. The van der Waals surface area contributed by atoms with Gasteiger partial charge in [0.15, 0.2) is 0 Å². The number of morpholine rings is 1. The molecule has 1 fully saturated rings. The highest BCUT2D eigenvalue weighted by atomic mass is 16.5. The minimum atomic E-state index is -1.63. The summed E-state index contributed by atoms with van der Waals surface area (Å²) in [6, 6.07) is 3.30. The van der Waals surface area contributed by atoms with Crippen molar-refractivity contribution >= 4 is 18.7 Å². The number of carbonyl (C=O) groups excluding carboxylic acids is 1. The first-order valence-electron chi connectivity index (χ1n) is 8.55. The van der Waals surface area contributed by atoms with Crippen LogP contribution in [0.1, 0.15) is 20.3 Å². The molecular weight excluding hydrogens is 325 g/mol. The molecule has 1 aliphatic heterocycles. The van der Waals surface area contributed by atoms with Gasteiger partial charge in [-0.1, -0.05) is 13.8 Å². The van der Waals surface area contributed by atoms with Crippen molar-refractivity contribution in [3.63, 3.8) is 0 Å². The quantitative estimate of drug-likeness (QED) is 0.558. The summed E-state index contributed by atoms with van der Waals surface area (Å²) in [4.78, 5) is 26.4. The van der Waals surface area contributed by atoms with Crippen LogP contribution in [0.15, 0.2) is 23.1 Å². The first-order chi connectivity index (χ1) is 11.9. The first-order valence-corrected chi connectivity index (χ1v) is 8.55. The van der Waals surface area contributed by atoms with Crippen molar-refractivity contribution in [2.24, 2.45) is 5.92 Å². The Balaban J connectivity index is 1.99. The number of rotatable bonds is 7. The molecule has 1 aromatic heterocycles. The summed E-state index contributed by atoms with van der Waals surface area (Å²) in [6.07, 6.45) is 2.02. The second-order valence-corrected chi connectivity index (χ2v) is 6.67. The molecule has 0 saturated carbocycles. The standard InChI is InChI=1S/C16H26BN3O5/c1-12(2)9-14(17(23)24)18-15(21)11-20-4-3-13(10-16(20)22)19-5-7-25-8-6-19/h3-4,10,12,14,23-24H,5-9,11H2,1-2H3,(H,18,21)/t14-/m0/s1. The fourth-order valence-corrected chi connectivity index (χ4v) is 2.82. The van der Waals surface area contributed by atoms with Crippen LogP contribution in [-0.2, 0) is 16.1 Å². The first kappa shape index (κ1) is 19.5. The molecule has 1 aromatic rings. The number of nitrogens with zero attached hydrogens (tertiary/aromatic N) is 2. The Morgan fingerprint density at radius 1 is 1.36 bits per heavy atom. The zero-order valence-electron chi connectivity index (χ0n) is 14.7. The average molecular weight is 351 g/mol. The summed E-state index contributed by atoms with van der Waals surface area (Å²) in [5, 5.41) is 21.3. The number of carbonyl (C=O) groups is 1. The molecule has 0 spiro atoms. The Morgan fingerprint density at radius 2 is 2.04 bits per heavy atom. The molecule has 3 N–H and O–H groups in total. The van der Waals surface area contributed by atoms with Crippen LogP contribution in [0.5, 0.6) is 0 Å². The summed E-state index contributed by atoms with van der Waals surface area (Å²) >= 11 is 0. The van der Waals surface area contributed by atoms with Crippen LogP contribution in [0.25, 0.3) is 0 Å². The van der Waals surface area contributed by atoms with Gasteiger partial charge in [-0.25, -0.2) is 0 Å². The highest BCUT2D eigenvalue weighted by Crippen LogP contribution is 2.12. The smallest absolute Gasteiger partial charge is 0.426 e. The van der Waals surface area contributed by atoms with E-state index in [-0.39, 0.29) is 18.0 Å². The lowest BCUT2D eigenvalue weighted by Gasteiger charge is -2.28. The van der Waals surface area contributed by atoms with Crippen LogP contribution < -0.4 is 15.8 Å². The molecule has 0 aliphatic carbocycles.